The van der Waals surface area contributed by atoms with Crippen molar-refractivity contribution in [2.75, 3.05) is 18.1 Å². The van der Waals surface area contributed by atoms with Gasteiger partial charge in [-0.15, -0.1) is 0 Å². The molecule has 2 amide bonds. The second-order valence-corrected chi connectivity index (χ2v) is 8.64. The number of fused-ring (bicyclic) bond motifs is 1. The standard InChI is InChI=1S/C22H31N3O7/c1-11(2)7-8-25-15-6-5-12(3)9-14(15)17(21(25)30)24-32-22-18(23-13(4)27)20(29)19(28)16(10-26)31-22/h5-6,9,11,16,18-20,22,26,28-29H,7-8,10H2,1-4H3,(H,23,27)/b24-17-/t16-,18-,19+,20-,22+/m0/s1. The Kier molecular flexibility index (Phi) is 7.50. The summed E-state index contributed by atoms with van der Waals surface area (Å²) in [5.41, 5.74) is 2.37. The molecule has 1 aromatic carbocycles. The molecule has 1 saturated heterocycles. The van der Waals surface area contributed by atoms with Crippen molar-refractivity contribution in [2.45, 2.75) is 64.8 Å². The number of oxime groups is 1. The predicted octanol–water partition coefficient (Wildman–Crippen LogP) is 0.0521. The third-order valence-electron chi connectivity index (χ3n) is 5.57. The molecule has 1 aromatic rings. The van der Waals surface area contributed by atoms with E-state index in [0.29, 0.717) is 18.0 Å². The summed E-state index contributed by atoms with van der Waals surface area (Å²) in [4.78, 5) is 31.9. The molecule has 3 rings (SSSR count). The molecule has 32 heavy (non-hydrogen) atoms. The molecule has 2 aliphatic heterocycles. The summed E-state index contributed by atoms with van der Waals surface area (Å²) in [6, 6.07) is 4.47. The van der Waals surface area contributed by atoms with Crippen LogP contribution in [0.5, 0.6) is 0 Å². The van der Waals surface area contributed by atoms with Crippen LogP contribution in [0.25, 0.3) is 0 Å². The van der Waals surface area contributed by atoms with Gasteiger partial charge in [0.15, 0.2) is 5.71 Å². The molecule has 0 aromatic heterocycles. The van der Waals surface area contributed by atoms with Crippen molar-refractivity contribution in [2.24, 2.45) is 11.1 Å². The summed E-state index contributed by atoms with van der Waals surface area (Å²) < 4.78 is 5.52. The Hall–Kier alpha value is -2.53. The maximum Gasteiger partial charge on any atom is 0.281 e. The van der Waals surface area contributed by atoms with Gasteiger partial charge in [-0.2, -0.15) is 0 Å². The fourth-order valence-electron chi connectivity index (χ4n) is 3.79. The number of anilines is 1. The Balaban J connectivity index is 1.89. The van der Waals surface area contributed by atoms with Gasteiger partial charge in [-0.05, 0) is 31.4 Å². The van der Waals surface area contributed by atoms with E-state index in [1.807, 2.05) is 25.1 Å². The van der Waals surface area contributed by atoms with Crippen LogP contribution in [0.15, 0.2) is 23.4 Å². The number of aryl methyl sites for hydroxylation is 1. The molecule has 0 radical (unpaired) electrons. The fraction of sp³-hybridized carbons (Fsp3) is 0.591. The average molecular weight is 450 g/mol. The first-order chi connectivity index (χ1) is 15.1. The van der Waals surface area contributed by atoms with Gasteiger partial charge in [0.05, 0.1) is 12.3 Å². The number of nitrogens with one attached hydrogen (secondary N) is 1. The maximum atomic E-state index is 13.1. The molecular formula is C22H31N3O7. The summed E-state index contributed by atoms with van der Waals surface area (Å²) in [6.07, 6.45) is -4.56. The van der Waals surface area contributed by atoms with Gasteiger partial charge in [-0.3, -0.25) is 9.59 Å². The van der Waals surface area contributed by atoms with E-state index in [-0.39, 0.29) is 11.6 Å². The minimum Gasteiger partial charge on any atom is -0.394 e. The van der Waals surface area contributed by atoms with Crippen LogP contribution >= 0.6 is 0 Å². The SMILES string of the molecule is CC(=O)N[C@@H]1[C@@H](O/N=C2\C(=O)N(CCC(C)C)c3ccc(C)cc32)O[C@@H](CO)[C@@H](O)[C@H]1O. The largest absolute Gasteiger partial charge is 0.394 e. The van der Waals surface area contributed by atoms with E-state index < -0.39 is 43.2 Å². The molecule has 2 heterocycles. The van der Waals surface area contributed by atoms with Gasteiger partial charge in [0.25, 0.3) is 5.91 Å². The molecule has 10 nitrogen and oxygen atoms in total. The molecule has 0 bridgehead atoms. The molecule has 2 aliphatic rings. The highest BCUT2D eigenvalue weighted by molar-refractivity contribution is 6.54. The van der Waals surface area contributed by atoms with Gasteiger partial charge in [0.2, 0.25) is 12.2 Å². The molecule has 10 heteroatoms. The van der Waals surface area contributed by atoms with Gasteiger partial charge in [-0.1, -0.05) is 30.6 Å². The van der Waals surface area contributed by atoms with Crippen LogP contribution in [0.3, 0.4) is 0 Å². The molecular weight excluding hydrogens is 418 g/mol. The van der Waals surface area contributed by atoms with Crippen LogP contribution in [0.4, 0.5) is 5.69 Å². The Bertz CT molecular complexity index is 888. The van der Waals surface area contributed by atoms with E-state index in [4.69, 9.17) is 9.57 Å². The summed E-state index contributed by atoms with van der Waals surface area (Å²) in [7, 11) is 0. The lowest BCUT2D eigenvalue weighted by atomic mass is 9.97. The second-order valence-electron chi connectivity index (χ2n) is 8.64. The van der Waals surface area contributed by atoms with E-state index >= 15 is 0 Å². The number of rotatable bonds is 7. The van der Waals surface area contributed by atoms with E-state index in [1.165, 1.54) is 6.92 Å². The summed E-state index contributed by atoms with van der Waals surface area (Å²) in [5, 5.41) is 36.5. The summed E-state index contributed by atoms with van der Waals surface area (Å²) in [5.74, 6) is -0.393. The van der Waals surface area contributed by atoms with Crippen LogP contribution in [-0.4, -0.2) is 76.6 Å². The molecule has 0 spiro atoms. The highest BCUT2D eigenvalue weighted by atomic mass is 16.8. The van der Waals surface area contributed by atoms with Gasteiger partial charge in [-0.25, -0.2) is 0 Å². The van der Waals surface area contributed by atoms with Crippen molar-refractivity contribution in [3.63, 3.8) is 0 Å². The average Bonchev–Trinajstić information content (AvgIpc) is 2.99. The number of hydrogen-bond acceptors (Lipinski definition) is 8. The van der Waals surface area contributed by atoms with Gasteiger partial charge in [0, 0.05) is 19.0 Å². The number of carbonyl (C=O) groups is 2. The lowest BCUT2D eigenvalue weighted by molar-refractivity contribution is -0.270. The Labute approximate surface area is 186 Å². The second kappa shape index (κ2) is 9.95. The van der Waals surface area contributed by atoms with E-state index in [1.54, 1.807) is 4.90 Å². The van der Waals surface area contributed by atoms with E-state index in [9.17, 15) is 24.9 Å². The van der Waals surface area contributed by atoms with E-state index in [2.05, 4.69) is 24.3 Å². The topological polar surface area (TPSA) is 141 Å². The lowest BCUT2D eigenvalue weighted by Gasteiger charge is -2.40. The van der Waals surface area contributed by atoms with Crippen molar-refractivity contribution in [3.05, 3.63) is 29.3 Å². The zero-order chi connectivity index (χ0) is 23.6. The van der Waals surface area contributed by atoms with Crippen LogP contribution < -0.4 is 10.2 Å². The Morgan fingerprint density at radius 3 is 2.66 bits per heavy atom. The number of carbonyl (C=O) groups excluding carboxylic acids is 2. The molecule has 5 atom stereocenters. The minimum atomic E-state index is -1.47. The number of amides is 2. The molecule has 0 unspecified atom stereocenters. The van der Waals surface area contributed by atoms with Crippen LogP contribution in [0, 0.1) is 12.8 Å². The van der Waals surface area contributed by atoms with Crippen LogP contribution in [-0.2, 0) is 19.2 Å². The van der Waals surface area contributed by atoms with Crippen molar-refractivity contribution in [1.82, 2.24) is 5.32 Å². The first-order valence-electron chi connectivity index (χ1n) is 10.7. The monoisotopic (exact) mass is 449 g/mol. The van der Waals surface area contributed by atoms with Crippen molar-refractivity contribution in [3.8, 4) is 0 Å². The highest BCUT2D eigenvalue weighted by Crippen LogP contribution is 2.31. The van der Waals surface area contributed by atoms with Crippen LogP contribution in [0.1, 0.15) is 38.3 Å². The minimum absolute atomic E-state index is 0.0822. The Morgan fingerprint density at radius 1 is 1.31 bits per heavy atom. The van der Waals surface area contributed by atoms with Crippen molar-refractivity contribution >= 4 is 23.2 Å². The lowest BCUT2D eigenvalue weighted by Crippen LogP contribution is -2.64. The van der Waals surface area contributed by atoms with Crippen LogP contribution in [0.2, 0.25) is 0 Å². The number of aliphatic hydroxyl groups excluding tert-OH is 3. The number of nitrogens with zero attached hydrogens (tertiary/aromatic N) is 2. The van der Waals surface area contributed by atoms with Crippen molar-refractivity contribution < 1.29 is 34.5 Å². The number of ether oxygens (including phenoxy) is 1. The quantitative estimate of drug-likeness (QED) is 0.431. The molecule has 0 saturated carbocycles. The fourth-order valence-corrected chi connectivity index (χ4v) is 3.79. The zero-order valence-electron chi connectivity index (χ0n) is 18.7. The molecule has 1 fully saturated rings. The summed E-state index contributed by atoms with van der Waals surface area (Å²) >= 11 is 0. The molecule has 0 aliphatic carbocycles. The summed E-state index contributed by atoms with van der Waals surface area (Å²) in [6.45, 7) is 7.25. The normalized spacial score (nSPS) is 28.9. The van der Waals surface area contributed by atoms with Gasteiger partial charge in [0.1, 0.15) is 24.4 Å². The van der Waals surface area contributed by atoms with Gasteiger partial charge >= 0.3 is 0 Å². The predicted molar refractivity (Wildman–Crippen MR) is 116 cm³/mol. The number of benzene rings is 1. The first kappa shape index (κ1) is 24.1. The van der Waals surface area contributed by atoms with E-state index in [0.717, 1.165) is 17.7 Å². The molecule has 4 N–H and O–H groups in total. The first-order valence-corrected chi connectivity index (χ1v) is 10.7. The zero-order valence-corrected chi connectivity index (χ0v) is 18.7. The number of hydrogen-bond donors (Lipinski definition) is 4. The third-order valence-corrected chi connectivity index (χ3v) is 5.57. The maximum absolute atomic E-state index is 13.1. The molecule has 176 valence electrons. The third kappa shape index (κ3) is 4.93. The Morgan fingerprint density at radius 2 is 2.03 bits per heavy atom. The highest BCUT2D eigenvalue weighted by Gasteiger charge is 2.46. The number of aliphatic hydroxyl groups is 3. The van der Waals surface area contributed by atoms with Crippen molar-refractivity contribution in [1.29, 1.82) is 0 Å². The smallest absolute Gasteiger partial charge is 0.281 e. The van der Waals surface area contributed by atoms with Gasteiger partial charge < -0.3 is 35.1 Å².